The van der Waals surface area contributed by atoms with Gasteiger partial charge in [-0.05, 0) is 37.6 Å². The summed E-state index contributed by atoms with van der Waals surface area (Å²) in [6.07, 6.45) is 0. The van der Waals surface area contributed by atoms with Crippen LogP contribution >= 0.6 is 11.6 Å². The number of halogens is 1. The van der Waals surface area contributed by atoms with Crippen LogP contribution in [-0.2, 0) is 14.3 Å². The van der Waals surface area contributed by atoms with Crippen LogP contribution in [-0.4, -0.2) is 36.1 Å². The molecule has 33 heavy (non-hydrogen) atoms. The lowest BCUT2D eigenvalue weighted by atomic mass is 9.95. The largest absolute Gasteiger partial charge is 0.463 e. The first-order valence-corrected chi connectivity index (χ1v) is 10.2. The smallest absolute Gasteiger partial charge is 0.345 e. The van der Waals surface area contributed by atoms with Crippen LogP contribution < -0.4 is 10.6 Å². The van der Waals surface area contributed by atoms with Gasteiger partial charge in [-0.1, -0.05) is 35.9 Å². The molecule has 0 spiro atoms. The van der Waals surface area contributed by atoms with E-state index in [-0.39, 0.29) is 29.1 Å². The minimum absolute atomic E-state index is 0.000746. The zero-order valence-corrected chi connectivity index (χ0v) is 18.5. The third-order valence-corrected chi connectivity index (χ3v) is 5.09. The fourth-order valence-electron chi connectivity index (χ4n) is 3.37. The molecular formula is C22H20ClN3O7. The predicted molar refractivity (Wildman–Crippen MR) is 118 cm³/mol. The highest BCUT2D eigenvalue weighted by molar-refractivity contribution is 6.30. The normalized spacial score (nSPS) is 15.4. The molecule has 2 amide bonds. The lowest BCUT2D eigenvalue weighted by Gasteiger charge is -2.29. The van der Waals surface area contributed by atoms with Gasteiger partial charge in [0.05, 0.1) is 28.8 Å². The average Bonchev–Trinajstić information content (AvgIpc) is 2.77. The molecule has 1 unspecified atom stereocenters. The molecule has 0 radical (unpaired) electrons. The molecule has 0 saturated carbocycles. The number of rotatable bonds is 7. The zero-order valence-electron chi connectivity index (χ0n) is 17.7. The van der Waals surface area contributed by atoms with E-state index in [0.29, 0.717) is 16.1 Å². The first-order valence-electron chi connectivity index (χ1n) is 9.87. The summed E-state index contributed by atoms with van der Waals surface area (Å²) in [5.41, 5.74) is 0.253. The Balaban J connectivity index is 1.96. The summed E-state index contributed by atoms with van der Waals surface area (Å²) in [6.45, 7) is 2.68. The molecule has 172 valence electrons. The molecule has 1 aliphatic heterocycles. The highest BCUT2D eigenvalue weighted by atomic mass is 35.5. The van der Waals surface area contributed by atoms with Crippen molar-refractivity contribution in [1.29, 1.82) is 0 Å². The number of nitro benzene ring substituents is 1. The summed E-state index contributed by atoms with van der Waals surface area (Å²) in [4.78, 5) is 48.4. The van der Waals surface area contributed by atoms with Crippen molar-refractivity contribution < 1.29 is 28.8 Å². The van der Waals surface area contributed by atoms with Gasteiger partial charge < -0.3 is 20.1 Å². The van der Waals surface area contributed by atoms with Gasteiger partial charge in [0.25, 0.3) is 5.69 Å². The van der Waals surface area contributed by atoms with Crippen molar-refractivity contribution in [3.63, 3.8) is 0 Å². The lowest BCUT2D eigenvalue weighted by Crippen LogP contribution is -2.47. The molecule has 11 heteroatoms. The molecule has 10 nitrogen and oxygen atoms in total. The monoisotopic (exact) mass is 473 g/mol. The fourth-order valence-corrected chi connectivity index (χ4v) is 3.49. The number of hydrogen-bond donors (Lipinski definition) is 2. The number of ether oxygens (including phenoxy) is 2. The average molecular weight is 474 g/mol. The van der Waals surface area contributed by atoms with Crippen molar-refractivity contribution >= 4 is 35.3 Å². The Morgan fingerprint density at radius 2 is 1.82 bits per heavy atom. The number of hydrogen-bond acceptors (Lipinski definition) is 7. The van der Waals surface area contributed by atoms with Gasteiger partial charge >= 0.3 is 18.0 Å². The third kappa shape index (κ3) is 5.29. The number of esters is 2. The molecule has 2 N–H and O–H groups in total. The molecule has 0 bridgehead atoms. The Kier molecular flexibility index (Phi) is 7.29. The van der Waals surface area contributed by atoms with Crippen LogP contribution in [0.15, 0.2) is 53.7 Å². The summed E-state index contributed by atoms with van der Waals surface area (Å²) in [5.74, 6) is -1.70. The Morgan fingerprint density at radius 1 is 1.12 bits per heavy atom. The quantitative estimate of drug-likeness (QED) is 0.356. The molecule has 2 aromatic carbocycles. The van der Waals surface area contributed by atoms with Crippen LogP contribution in [0.3, 0.4) is 0 Å². The van der Waals surface area contributed by atoms with Crippen molar-refractivity contribution in [3.8, 4) is 0 Å². The summed E-state index contributed by atoms with van der Waals surface area (Å²) in [5, 5.41) is 17.0. The standard InChI is InChI=1S/C22H20ClN3O7/c1-3-32-21(28)17-16(24-22(29)25-18(17)13-7-9-14(23)10-8-13)11-33-20(27)15-6-4-5-12(2)19(15)26(30)31/h4-10,18H,3,11H2,1-2H3,(H2,24,25,29). The van der Waals surface area contributed by atoms with Gasteiger partial charge in [0, 0.05) is 10.6 Å². The van der Waals surface area contributed by atoms with Crippen LogP contribution in [0.1, 0.15) is 34.5 Å². The van der Waals surface area contributed by atoms with E-state index in [1.807, 2.05) is 0 Å². The summed E-state index contributed by atoms with van der Waals surface area (Å²) in [6, 6.07) is 9.22. The number of carbonyl (C=O) groups excluding carboxylic acids is 3. The maximum atomic E-state index is 12.7. The number of carbonyl (C=O) groups is 3. The second kappa shape index (κ2) is 10.1. The second-order valence-electron chi connectivity index (χ2n) is 7.00. The van der Waals surface area contributed by atoms with E-state index in [4.69, 9.17) is 21.1 Å². The molecule has 1 heterocycles. The minimum atomic E-state index is -0.975. The predicted octanol–water partition coefficient (Wildman–Crippen LogP) is 3.58. The van der Waals surface area contributed by atoms with E-state index in [2.05, 4.69) is 10.6 Å². The SMILES string of the molecule is CCOC(=O)C1=C(COC(=O)c2cccc(C)c2[N+](=O)[O-])NC(=O)NC1c1ccc(Cl)cc1. The molecular weight excluding hydrogens is 454 g/mol. The maximum absolute atomic E-state index is 12.7. The molecule has 1 aliphatic rings. The number of nitro groups is 1. The topological polar surface area (TPSA) is 137 Å². The number of para-hydroxylation sites is 1. The first kappa shape index (κ1) is 23.7. The Labute approximate surface area is 193 Å². The van der Waals surface area contributed by atoms with Gasteiger partial charge in [-0.15, -0.1) is 0 Å². The van der Waals surface area contributed by atoms with E-state index in [9.17, 15) is 24.5 Å². The molecule has 0 fully saturated rings. The van der Waals surface area contributed by atoms with Gasteiger partial charge in [-0.2, -0.15) is 0 Å². The van der Waals surface area contributed by atoms with Crippen LogP contribution in [0.25, 0.3) is 0 Å². The zero-order chi connectivity index (χ0) is 24.1. The minimum Gasteiger partial charge on any atom is -0.463 e. The number of benzene rings is 2. The summed E-state index contributed by atoms with van der Waals surface area (Å²) < 4.78 is 10.4. The number of aryl methyl sites for hydroxylation is 1. The highest BCUT2D eigenvalue weighted by Gasteiger charge is 2.34. The first-order chi connectivity index (χ1) is 15.7. The van der Waals surface area contributed by atoms with Gasteiger partial charge in [0.2, 0.25) is 0 Å². The van der Waals surface area contributed by atoms with Crippen LogP contribution in [0.2, 0.25) is 5.02 Å². The summed E-state index contributed by atoms with van der Waals surface area (Å²) >= 11 is 5.94. The number of urea groups is 1. The molecule has 0 saturated heterocycles. The Hall–Kier alpha value is -3.92. The lowest BCUT2D eigenvalue weighted by molar-refractivity contribution is -0.385. The number of amides is 2. The van der Waals surface area contributed by atoms with Crippen LogP contribution in [0.5, 0.6) is 0 Å². The fraction of sp³-hybridized carbons (Fsp3) is 0.227. The third-order valence-electron chi connectivity index (χ3n) is 4.84. The van der Waals surface area contributed by atoms with E-state index in [1.165, 1.54) is 25.1 Å². The highest BCUT2D eigenvalue weighted by Crippen LogP contribution is 2.29. The van der Waals surface area contributed by atoms with Gasteiger partial charge in [-0.25, -0.2) is 14.4 Å². The van der Waals surface area contributed by atoms with Crippen molar-refractivity contribution in [2.24, 2.45) is 0 Å². The van der Waals surface area contributed by atoms with Crippen LogP contribution in [0.4, 0.5) is 10.5 Å². The maximum Gasteiger partial charge on any atom is 0.345 e. The molecule has 3 rings (SSSR count). The van der Waals surface area contributed by atoms with Crippen molar-refractivity contribution in [3.05, 3.63) is 85.6 Å². The van der Waals surface area contributed by atoms with Gasteiger partial charge in [-0.3, -0.25) is 10.1 Å². The Bertz CT molecular complexity index is 1150. The van der Waals surface area contributed by atoms with Gasteiger partial charge in [0.15, 0.2) is 0 Å². The molecule has 2 aromatic rings. The molecule has 0 aromatic heterocycles. The molecule has 0 aliphatic carbocycles. The number of nitrogens with one attached hydrogen (secondary N) is 2. The second-order valence-corrected chi connectivity index (χ2v) is 7.44. The van der Waals surface area contributed by atoms with Crippen molar-refractivity contribution in [2.75, 3.05) is 13.2 Å². The van der Waals surface area contributed by atoms with Crippen LogP contribution in [0, 0.1) is 17.0 Å². The van der Waals surface area contributed by atoms with E-state index in [0.717, 1.165) is 0 Å². The number of nitrogens with zero attached hydrogens (tertiary/aromatic N) is 1. The van der Waals surface area contributed by atoms with Crippen molar-refractivity contribution in [1.82, 2.24) is 10.6 Å². The van der Waals surface area contributed by atoms with E-state index < -0.39 is 35.5 Å². The summed E-state index contributed by atoms with van der Waals surface area (Å²) in [7, 11) is 0. The van der Waals surface area contributed by atoms with Crippen molar-refractivity contribution in [2.45, 2.75) is 19.9 Å². The van der Waals surface area contributed by atoms with E-state index >= 15 is 0 Å². The Morgan fingerprint density at radius 3 is 2.45 bits per heavy atom. The van der Waals surface area contributed by atoms with Gasteiger partial charge in [0.1, 0.15) is 12.2 Å². The molecule has 1 atom stereocenters. The van der Waals surface area contributed by atoms with E-state index in [1.54, 1.807) is 31.2 Å².